The molecule has 1 atom stereocenters. The van der Waals surface area contributed by atoms with Crippen LogP contribution >= 0.6 is 0 Å². The molecular formula is C15H22N4O4. The number of hydrogen-bond donors (Lipinski definition) is 2. The maximum atomic E-state index is 12.2. The van der Waals surface area contributed by atoms with Crippen LogP contribution in [0, 0.1) is 0 Å². The van der Waals surface area contributed by atoms with E-state index in [1.165, 1.54) is 6.92 Å². The van der Waals surface area contributed by atoms with Crippen LogP contribution in [0.4, 0.5) is 4.79 Å². The number of rotatable bonds is 6. The molecule has 0 aromatic carbocycles. The number of hydrogen-bond acceptors (Lipinski definition) is 5. The van der Waals surface area contributed by atoms with E-state index in [2.05, 4.69) is 15.8 Å². The Morgan fingerprint density at radius 1 is 1.48 bits per heavy atom. The Labute approximate surface area is 134 Å². The van der Waals surface area contributed by atoms with Gasteiger partial charge in [0.15, 0.2) is 5.76 Å². The van der Waals surface area contributed by atoms with E-state index in [1.807, 2.05) is 6.92 Å². The molecule has 1 fully saturated rings. The molecule has 1 aromatic heterocycles. The highest BCUT2D eigenvalue weighted by Gasteiger charge is 2.47. The summed E-state index contributed by atoms with van der Waals surface area (Å²) in [4.78, 5) is 37.2. The summed E-state index contributed by atoms with van der Waals surface area (Å²) in [5.41, 5.74) is -0.161. The Kier molecular flexibility index (Phi) is 4.72. The number of nitrogens with one attached hydrogen (secondary N) is 2. The average molecular weight is 322 g/mol. The van der Waals surface area contributed by atoms with Crippen molar-refractivity contribution in [2.45, 2.75) is 58.7 Å². The lowest BCUT2D eigenvalue weighted by atomic mass is 10.1. The van der Waals surface area contributed by atoms with E-state index in [1.54, 1.807) is 19.9 Å². The third-order valence-electron chi connectivity index (χ3n) is 3.71. The Balaban J connectivity index is 1.95. The van der Waals surface area contributed by atoms with Gasteiger partial charge in [-0.2, -0.15) is 0 Å². The van der Waals surface area contributed by atoms with Crippen LogP contribution in [0.15, 0.2) is 10.6 Å². The van der Waals surface area contributed by atoms with Crippen molar-refractivity contribution in [3.63, 3.8) is 0 Å². The van der Waals surface area contributed by atoms with Gasteiger partial charge in [-0.05, 0) is 27.2 Å². The van der Waals surface area contributed by atoms with Gasteiger partial charge in [0.2, 0.25) is 5.91 Å². The van der Waals surface area contributed by atoms with Crippen molar-refractivity contribution in [1.29, 1.82) is 0 Å². The molecule has 4 amide bonds. The number of aromatic nitrogens is 1. The Bertz CT molecular complexity index is 623. The second-order valence-electron chi connectivity index (χ2n) is 6.16. The zero-order valence-electron chi connectivity index (χ0n) is 13.8. The third-order valence-corrected chi connectivity index (χ3v) is 3.71. The smallest absolute Gasteiger partial charge is 0.325 e. The fourth-order valence-corrected chi connectivity index (χ4v) is 2.38. The van der Waals surface area contributed by atoms with Crippen molar-refractivity contribution in [2.24, 2.45) is 0 Å². The molecule has 8 nitrogen and oxygen atoms in total. The van der Waals surface area contributed by atoms with Crippen LogP contribution in [0.5, 0.6) is 0 Å². The molecule has 1 saturated heterocycles. The maximum Gasteiger partial charge on any atom is 0.325 e. The van der Waals surface area contributed by atoms with Gasteiger partial charge < -0.3 is 15.2 Å². The standard InChI is InChI=1S/C15H22N4O4/c1-5-6-10-7-11(23-18-10)8-16-12(20)9(2)19-13(21)15(3,4)17-14(19)22/h7,9H,5-6,8H2,1-4H3,(H,16,20)(H,17,22). The van der Waals surface area contributed by atoms with Crippen LogP contribution in [0.25, 0.3) is 0 Å². The molecule has 2 rings (SSSR count). The first-order chi connectivity index (χ1) is 10.8. The quantitative estimate of drug-likeness (QED) is 0.759. The van der Waals surface area contributed by atoms with Gasteiger partial charge in [0.05, 0.1) is 12.2 Å². The van der Waals surface area contributed by atoms with Gasteiger partial charge in [-0.25, -0.2) is 9.69 Å². The van der Waals surface area contributed by atoms with Gasteiger partial charge in [-0.15, -0.1) is 0 Å². The largest absolute Gasteiger partial charge is 0.359 e. The fourth-order valence-electron chi connectivity index (χ4n) is 2.38. The van der Waals surface area contributed by atoms with Crippen molar-refractivity contribution < 1.29 is 18.9 Å². The van der Waals surface area contributed by atoms with Crippen LogP contribution in [0.3, 0.4) is 0 Å². The van der Waals surface area contributed by atoms with E-state index < -0.39 is 29.4 Å². The molecule has 0 bridgehead atoms. The summed E-state index contributed by atoms with van der Waals surface area (Å²) in [5, 5.41) is 9.10. The van der Waals surface area contributed by atoms with Crippen LogP contribution in [0.1, 0.15) is 45.6 Å². The van der Waals surface area contributed by atoms with Crippen molar-refractivity contribution in [3.05, 3.63) is 17.5 Å². The minimum atomic E-state index is -0.994. The number of amides is 4. The van der Waals surface area contributed by atoms with Gasteiger partial charge in [0.25, 0.3) is 5.91 Å². The molecule has 1 unspecified atom stereocenters. The van der Waals surface area contributed by atoms with Crippen LogP contribution in [-0.2, 0) is 22.6 Å². The average Bonchev–Trinajstić information content (AvgIpc) is 2.99. The van der Waals surface area contributed by atoms with Crippen molar-refractivity contribution in [3.8, 4) is 0 Å². The predicted molar refractivity (Wildman–Crippen MR) is 81.3 cm³/mol. The lowest BCUT2D eigenvalue weighted by Gasteiger charge is -2.21. The lowest BCUT2D eigenvalue weighted by Crippen LogP contribution is -2.49. The molecular weight excluding hydrogens is 300 g/mol. The normalized spacial score (nSPS) is 18.0. The highest BCUT2D eigenvalue weighted by molar-refractivity contribution is 6.09. The predicted octanol–water partition coefficient (Wildman–Crippen LogP) is 0.962. The number of imide groups is 1. The minimum Gasteiger partial charge on any atom is -0.359 e. The molecule has 1 aromatic rings. The van der Waals surface area contributed by atoms with E-state index >= 15 is 0 Å². The first kappa shape index (κ1) is 17.0. The third kappa shape index (κ3) is 3.52. The molecule has 2 N–H and O–H groups in total. The second-order valence-corrected chi connectivity index (χ2v) is 6.16. The Morgan fingerprint density at radius 2 is 2.17 bits per heavy atom. The van der Waals surface area contributed by atoms with E-state index in [9.17, 15) is 14.4 Å². The molecule has 23 heavy (non-hydrogen) atoms. The summed E-state index contributed by atoms with van der Waals surface area (Å²) >= 11 is 0. The van der Waals surface area contributed by atoms with E-state index in [-0.39, 0.29) is 6.54 Å². The summed E-state index contributed by atoms with van der Waals surface area (Å²) < 4.78 is 5.12. The highest BCUT2D eigenvalue weighted by atomic mass is 16.5. The molecule has 2 heterocycles. The van der Waals surface area contributed by atoms with Gasteiger partial charge in [-0.1, -0.05) is 18.5 Å². The summed E-state index contributed by atoms with van der Waals surface area (Å²) in [6.45, 7) is 6.91. The topological polar surface area (TPSA) is 105 Å². The molecule has 126 valence electrons. The zero-order chi connectivity index (χ0) is 17.2. The Morgan fingerprint density at radius 3 is 2.74 bits per heavy atom. The molecule has 0 aliphatic carbocycles. The van der Waals surface area contributed by atoms with Gasteiger partial charge >= 0.3 is 6.03 Å². The number of aryl methyl sites for hydroxylation is 1. The second kappa shape index (κ2) is 6.39. The van der Waals surface area contributed by atoms with Crippen LogP contribution in [0.2, 0.25) is 0 Å². The summed E-state index contributed by atoms with van der Waals surface area (Å²) in [5.74, 6) is -0.318. The van der Waals surface area contributed by atoms with Gasteiger partial charge in [0, 0.05) is 6.07 Å². The first-order valence-electron chi connectivity index (χ1n) is 7.64. The highest BCUT2D eigenvalue weighted by Crippen LogP contribution is 2.19. The zero-order valence-corrected chi connectivity index (χ0v) is 13.8. The number of urea groups is 1. The number of carbonyl (C=O) groups is 3. The molecule has 0 radical (unpaired) electrons. The summed E-state index contributed by atoms with van der Waals surface area (Å²) in [6.07, 6.45) is 1.77. The van der Waals surface area contributed by atoms with E-state index in [0.29, 0.717) is 5.76 Å². The van der Waals surface area contributed by atoms with Crippen LogP contribution < -0.4 is 10.6 Å². The molecule has 0 saturated carbocycles. The molecule has 1 aliphatic rings. The molecule has 8 heteroatoms. The van der Waals surface area contributed by atoms with Gasteiger partial charge in [-0.3, -0.25) is 9.59 Å². The fraction of sp³-hybridized carbons (Fsp3) is 0.600. The number of nitrogens with zero attached hydrogens (tertiary/aromatic N) is 2. The van der Waals surface area contributed by atoms with Gasteiger partial charge in [0.1, 0.15) is 11.6 Å². The van der Waals surface area contributed by atoms with E-state index in [4.69, 9.17) is 4.52 Å². The van der Waals surface area contributed by atoms with Crippen molar-refractivity contribution in [2.75, 3.05) is 0 Å². The monoisotopic (exact) mass is 322 g/mol. The van der Waals surface area contributed by atoms with Crippen molar-refractivity contribution >= 4 is 17.8 Å². The van der Waals surface area contributed by atoms with Crippen LogP contribution in [-0.4, -0.2) is 39.5 Å². The van der Waals surface area contributed by atoms with E-state index in [0.717, 1.165) is 23.4 Å². The maximum absolute atomic E-state index is 12.2. The molecule has 0 spiro atoms. The lowest BCUT2D eigenvalue weighted by molar-refractivity contribution is -0.137. The SMILES string of the molecule is CCCc1cc(CNC(=O)C(C)N2C(=O)NC(C)(C)C2=O)on1. The summed E-state index contributed by atoms with van der Waals surface area (Å²) in [6, 6.07) is 0.320. The first-order valence-corrected chi connectivity index (χ1v) is 7.64. The number of carbonyl (C=O) groups excluding carboxylic acids is 3. The molecule has 1 aliphatic heterocycles. The summed E-state index contributed by atoms with van der Waals surface area (Å²) in [7, 11) is 0. The van der Waals surface area contributed by atoms with Crippen molar-refractivity contribution in [1.82, 2.24) is 20.7 Å². The Hall–Kier alpha value is -2.38. The minimum absolute atomic E-state index is 0.160.